The van der Waals surface area contributed by atoms with E-state index in [1.165, 1.54) is 18.4 Å². The van der Waals surface area contributed by atoms with Crippen molar-refractivity contribution in [3.8, 4) is 0 Å². The molecule has 1 rings (SSSR count). The molecule has 0 saturated carbocycles. The summed E-state index contributed by atoms with van der Waals surface area (Å²) in [6, 6.07) is 3.48. The van der Waals surface area contributed by atoms with Crippen LogP contribution in [0.2, 0.25) is 0 Å². The van der Waals surface area contributed by atoms with Crippen LogP contribution in [-0.2, 0) is 9.53 Å². The van der Waals surface area contributed by atoms with Gasteiger partial charge in [0, 0.05) is 10.9 Å². The Bertz CT molecular complexity index is 340. The van der Waals surface area contributed by atoms with Crippen LogP contribution in [0.3, 0.4) is 0 Å². The van der Waals surface area contributed by atoms with Gasteiger partial charge in [0.05, 0.1) is 13.5 Å². The Balaban J connectivity index is 2.60. The van der Waals surface area contributed by atoms with Crippen LogP contribution in [0, 0.1) is 0 Å². The number of methoxy groups -OCH3 is 1. The molecule has 0 aliphatic rings. The highest BCUT2D eigenvalue weighted by Gasteiger charge is 2.24. The molecule has 0 radical (unpaired) electrons. The number of ether oxygens (including phenoxy) is 1. The van der Waals surface area contributed by atoms with Crippen molar-refractivity contribution < 1.29 is 14.6 Å². The Morgan fingerprint density at radius 2 is 2.39 bits per heavy atom. The van der Waals surface area contributed by atoms with E-state index in [1.807, 2.05) is 17.5 Å². The fourth-order valence-electron chi connectivity index (χ4n) is 1.68. The van der Waals surface area contributed by atoms with Gasteiger partial charge in [-0.2, -0.15) is 0 Å². The summed E-state index contributed by atoms with van der Waals surface area (Å²) in [7, 11) is 1.36. The third kappa shape index (κ3) is 4.76. The first kappa shape index (κ1) is 15.1. The maximum atomic E-state index is 11.4. The monoisotopic (exact) mass is 271 g/mol. The number of hydrogen-bond donors (Lipinski definition) is 2. The SMILES string of the molecule is CCCCNC(CC(=O)OC)C(O)c1cccs1. The van der Waals surface area contributed by atoms with E-state index in [-0.39, 0.29) is 18.4 Å². The molecular formula is C13H21NO3S. The van der Waals surface area contributed by atoms with Crippen LogP contribution in [-0.4, -0.2) is 30.8 Å². The molecule has 0 aliphatic heterocycles. The molecule has 1 aromatic heterocycles. The number of rotatable bonds is 8. The molecule has 2 N–H and O–H groups in total. The number of aliphatic hydroxyl groups excluding tert-OH is 1. The summed E-state index contributed by atoms with van der Waals surface area (Å²) in [5.41, 5.74) is 0. The number of nitrogens with one attached hydrogen (secondary N) is 1. The highest BCUT2D eigenvalue weighted by atomic mass is 32.1. The van der Waals surface area contributed by atoms with E-state index >= 15 is 0 Å². The fourth-order valence-corrected chi connectivity index (χ4v) is 2.46. The normalized spacial score (nSPS) is 14.2. The summed E-state index contributed by atoms with van der Waals surface area (Å²) in [5.74, 6) is -0.306. The topological polar surface area (TPSA) is 58.6 Å². The molecule has 0 aliphatic carbocycles. The molecule has 0 saturated heterocycles. The molecule has 0 aromatic carbocycles. The van der Waals surface area contributed by atoms with E-state index in [0.717, 1.165) is 24.3 Å². The summed E-state index contributed by atoms with van der Waals surface area (Å²) in [4.78, 5) is 12.2. The largest absolute Gasteiger partial charge is 0.469 e. The number of hydrogen-bond acceptors (Lipinski definition) is 5. The minimum Gasteiger partial charge on any atom is -0.469 e. The molecule has 102 valence electrons. The number of carbonyl (C=O) groups excluding carboxylic acids is 1. The zero-order valence-electron chi connectivity index (χ0n) is 10.9. The molecule has 18 heavy (non-hydrogen) atoms. The molecule has 0 amide bonds. The van der Waals surface area contributed by atoms with Gasteiger partial charge in [0.25, 0.3) is 0 Å². The van der Waals surface area contributed by atoms with Crippen LogP contribution in [0.1, 0.15) is 37.2 Å². The van der Waals surface area contributed by atoms with Gasteiger partial charge in [0.15, 0.2) is 0 Å². The quantitative estimate of drug-likeness (QED) is 0.561. The Morgan fingerprint density at radius 1 is 1.61 bits per heavy atom. The smallest absolute Gasteiger partial charge is 0.307 e. The first-order valence-electron chi connectivity index (χ1n) is 6.20. The molecule has 0 bridgehead atoms. The molecule has 5 heteroatoms. The van der Waals surface area contributed by atoms with E-state index in [2.05, 4.69) is 17.0 Å². The van der Waals surface area contributed by atoms with Crippen LogP contribution < -0.4 is 5.32 Å². The summed E-state index contributed by atoms with van der Waals surface area (Å²) < 4.78 is 4.67. The highest BCUT2D eigenvalue weighted by Crippen LogP contribution is 2.23. The number of thiophene rings is 1. The van der Waals surface area contributed by atoms with Crippen molar-refractivity contribution in [2.24, 2.45) is 0 Å². The molecule has 2 atom stereocenters. The zero-order valence-corrected chi connectivity index (χ0v) is 11.7. The van der Waals surface area contributed by atoms with Gasteiger partial charge < -0.3 is 15.2 Å². The van der Waals surface area contributed by atoms with Crippen molar-refractivity contribution >= 4 is 17.3 Å². The standard InChI is InChI=1S/C13H21NO3S/c1-3-4-7-14-10(9-12(15)17-2)13(16)11-6-5-8-18-11/h5-6,8,10,13-14,16H,3-4,7,9H2,1-2H3. The van der Waals surface area contributed by atoms with Crippen LogP contribution in [0.4, 0.5) is 0 Å². The lowest BCUT2D eigenvalue weighted by Crippen LogP contribution is -2.37. The van der Waals surface area contributed by atoms with Gasteiger partial charge in [0.1, 0.15) is 6.10 Å². The van der Waals surface area contributed by atoms with Gasteiger partial charge in [-0.25, -0.2) is 0 Å². The lowest BCUT2D eigenvalue weighted by atomic mass is 10.1. The Kier molecular flexibility index (Phi) is 6.93. The van der Waals surface area contributed by atoms with E-state index in [0.29, 0.717) is 0 Å². The summed E-state index contributed by atoms with van der Waals surface area (Å²) in [6.07, 6.45) is 1.61. The minimum atomic E-state index is -0.666. The Hall–Kier alpha value is -0.910. The van der Waals surface area contributed by atoms with Gasteiger partial charge >= 0.3 is 5.97 Å². The van der Waals surface area contributed by atoms with Gasteiger partial charge in [-0.05, 0) is 24.4 Å². The number of aliphatic hydroxyl groups is 1. The maximum absolute atomic E-state index is 11.4. The second kappa shape index (κ2) is 8.24. The van der Waals surface area contributed by atoms with Crippen LogP contribution in [0.15, 0.2) is 17.5 Å². The lowest BCUT2D eigenvalue weighted by molar-refractivity contribution is -0.142. The molecule has 0 fully saturated rings. The van der Waals surface area contributed by atoms with Crippen LogP contribution in [0.5, 0.6) is 0 Å². The number of unbranched alkanes of at least 4 members (excludes halogenated alkanes) is 1. The first-order chi connectivity index (χ1) is 8.69. The van der Waals surface area contributed by atoms with Crippen molar-refractivity contribution in [1.29, 1.82) is 0 Å². The Morgan fingerprint density at radius 3 is 2.94 bits per heavy atom. The number of esters is 1. The summed E-state index contributed by atoms with van der Waals surface area (Å²) in [5, 5.41) is 15.4. The second-order valence-corrected chi connectivity index (χ2v) is 5.13. The van der Waals surface area contributed by atoms with Gasteiger partial charge in [-0.15, -0.1) is 11.3 Å². The predicted octanol–water partition coefficient (Wildman–Crippen LogP) is 2.10. The second-order valence-electron chi connectivity index (χ2n) is 4.15. The van der Waals surface area contributed by atoms with Crippen molar-refractivity contribution in [2.45, 2.75) is 38.3 Å². The van der Waals surface area contributed by atoms with Gasteiger partial charge in [-0.1, -0.05) is 19.4 Å². The van der Waals surface area contributed by atoms with Crippen LogP contribution >= 0.6 is 11.3 Å². The lowest BCUT2D eigenvalue weighted by Gasteiger charge is -2.22. The predicted molar refractivity (Wildman–Crippen MR) is 72.6 cm³/mol. The van der Waals surface area contributed by atoms with Crippen molar-refractivity contribution in [3.63, 3.8) is 0 Å². The highest BCUT2D eigenvalue weighted by molar-refractivity contribution is 7.10. The van der Waals surface area contributed by atoms with Gasteiger partial charge in [0.2, 0.25) is 0 Å². The van der Waals surface area contributed by atoms with E-state index in [4.69, 9.17) is 0 Å². The first-order valence-corrected chi connectivity index (χ1v) is 7.08. The third-order valence-corrected chi connectivity index (χ3v) is 3.71. The summed E-state index contributed by atoms with van der Waals surface area (Å²) in [6.45, 7) is 2.90. The van der Waals surface area contributed by atoms with Crippen LogP contribution in [0.25, 0.3) is 0 Å². The number of carbonyl (C=O) groups is 1. The van der Waals surface area contributed by atoms with E-state index in [1.54, 1.807) is 0 Å². The molecule has 0 spiro atoms. The molecule has 2 unspecified atom stereocenters. The molecule has 4 nitrogen and oxygen atoms in total. The average molecular weight is 271 g/mol. The maximum Gasteiger partial charge on any atom is 0.307 e. The van der Waals surface area contributed by atoms with Crippen molar-refractivity contribution in [2.75, 3.05) is 13.7 Å². The van der Waals surface area contributed by atoms with Crippen molar-refractivity contribution in [3.05, 3.63) is 22.4 Å². The van der Waals surface area contributed by atoms with E-state index < -0.39 is 6.10 Å². The summed E-state index contributed by atoms with van der Waals surface area (Å²) >= 11 is 1.49. The van der Waals surface area contributed by atoms with Gasteiger partial charge in [-0.3, -0.25) is 4.79 Å². The molecule has 1 heterocycles. The zero-order chi connectivity index (χ0) is 13.4. The molecular weight excluding hydrogens is 250 g/mol. The minimum absolute atomic E-state index is 0.180. The fraction of sp³-hybridized carbons (Fsp3) is 0.615. The Labute approximate surface area is 112 Å². The van der Waals surface area contributed by atoms with Crippen molar-refractivity contribution in [1.82, 2.24) is 5.32 Å². The van der Waals surface area contributed by atoms with E-state index in [9.17, 15) is 9.90 Å². The average Bonchev–Trinajstić information content (AvgIpc) is 2.90. The third-order valence-electron chi connectivity index (χ3n) is 2.77. The molecule has 1 aromatic rings.